The van der Waals surface area contributed by atoms with Gasteiger partial charge in [0.15, 0.2) is 5.78 Å². The normalized spacial score (nSPS) is 23.5. The zero-order valence-corrected chi connectivity index (χ0v) is 7.31. The average Bonchev–Trinajstić information content (AvgIpc) is 2.01. The molecule has 0 amide bonds. The van der Waals surface area contributed by atoms with Gasteiger partial charge in [-0.25, -0.2) is 0 Å². The van der Waals surface area contributed by atoms with Gasteiger partial charge < -0.3 is 4.74 Å². The minimum atomic E-state index is 0.0648. The first-order valence-corrected chi connectivity index (χ1v) is 4.07. The number of allylic oxidation sites excluding steroid dienone is 2. The smallest absolute Gasteiger partial charge is 0.172 e. The Morgan fingerprint density at radius 2 is 2.09 bits per heavy atom. The molecule has 0 aliphatic heterocycles. The van der Waals surface area contributed by atoms with Crippen molar-refractivity contribution in [2.75, 3.05) is 7.11 Å². The molecule has 0 saturated heterocycles. The van der Waals surface area contributed by atoms with E-state index in [1.165, 1.54) is 0 Å². The third kappa shape index (κ3) is 1.06. The number of ketones is 1. The topological polar surface area (TPSA) is 26.3 Å². The largest absolute Gasteiger partial charge is 0.500 e. The molecule has 2 nitrogen and oxygen atoms in total. The van der Waals surface area contributed by atoms with Gasteiger partial charge >= 0.3 is 0 Å². The second-order valence-corrected chi connectivity index (χ2v) is 2.73. The molecular weight excluding hydrogens is 140 g/mol. The van der Waals surface area contributed by atoms with Crippen LogP contribution in [0.1, 0.15) is 26.7 Å². The van der Waals surface area contributed by atoms with E-state index >= 15 is 0 Å². The molecule has 0 N–H and O–H groups in total. The van der Waals surface area contributed by atoms with Gasteiger partial charge in [-0.3, -0.25) is 4.79 Å². The van der Waals surface area contributed by atoms with E-state index in [2.05, 4.69) is 0 Å². The molecule has 0 fully saturated rings. The van der Waals surface area contributed by atoms with Crippen molar-refractivity contribution in [3.05, 3.63) is 11.3 Å². The van der Waals surface area contributed by atoms with E-state index in [1.54, 1.807) is 7.11 Å². The number of carbonyl (C=O) groups excluding carboxylic acids is 1. The molecule has 0 bridgehead atoms. The molecule has 0 aromatic carbocycles. The number of hydrogen-bond donors (Lipinski definition) is 0. The van der Waals surface area contributed by atoms with Gasteiger partial charge in [0.1, 0.15) is 5.76 Å². The van der Waals surface area contributed by atoms with Crippen LogP contribution in [0.15, 0.2) is 11.3 Å². The molecule has 1 unspecified atom stereocenters. The zero-order chi connectivity index (χ0) is 8.43. The maximum atomic E-state index is 11.3. The van der Waals surface area contributed by atoms with Crippen molar-refractivity contribution in [1.29, 1.82) is 0 Å². The lowest BCUT2D eigenvalue weighted by Crippen LogP contribution is -2.31. The first kappa shape index (κ1) is 8.31. The number of carbonyl (C=O) groups is 1. The maximum Gasteiger partial charge on any atom is 0.172 e. The van der Waals surface area contributed by atoms with Crippen molar-refractivity contribution in [3.63, 3.8) is 0 Å². The van der Waals surface area contributed by atoms with Crippen molar-refractivity contribution in [2.24, 2.45) is 5.92 Å². The minimum absolute atomic E-state index is 0.0648. The molecule has 1 aliphatic carbocycles. The monoisotopic (exact) mass is 154 g/mol. The minimum Gasteiger partial charge on any atom is -0.500 e. The predicted molar refractivity (Wildman–Crippen MR) is 43.1 cm³/mol. The molecule has 2 heteroatoms. The first-order chi connectivity index (χ1) is 5.26. The summed E-state index contributed by atoms with van der Waals surface area (Å²) in [6.07, 6.45) is 1.67. The first-order valence-electron chi connectivity index (χ1n) is 4.07. The van der Waals surface area contributed by atoms with Crippen LogP contribution in [-0.4, -0.2) is 12.9 Å². The lowest BCUT2D eigenvalue weighted by atomic mass is 9.79. The summed E-state index contributed by atoms with van der Waals surface area (Å²) in [5.74, 6) is 1.27. The average molecular weight is 154 g/mol. The van der Waals surface area contributed by atoms with Gasteiger partial charge in [0, 0.05) is 5.57 Å². The Labute approximate surface area is 67.2 Å². The Hall–Kier alpha value is -0.790. The van der Waals surface area contributed by atoms with Crippen molar-refractivity contribution in [2.45, 2.75) is 26.7 Å². The summed E-state index contributed by atoms with van der Waals surface area (Å²) >= 11 is 0. The Morgan fingerprint density at radius 3 is 2.45 bits per heavy atom. The van der Waals surface area contributed by atoms with E-state index < -0.39 is 0 Å². The summed E-state index contributed by atoms with van der Waals surface area (Å²) in [5.41, 5.74) is 0.888. The van der Waals surface area contributed by atoms with Gasteiger partial charge in [-0.2, -0.15) is 0 Å². The van der Waals surface area contributed by atoms with Gasteiger partial charge in [0.05, 0.1) is 13.0 Å². The van der Waals surface area contributed by atoms with E-state index in [4.69, 9.17) is 4.74 Å². The van der Waals surface area contributed by atoms with E-state index in [0.29, 0.717) is 0 Å². The highest BCUT2D eigenvalue weighted by Crippen LogP contribution is 2.35. The molecule has 0 aromatic heterocycles. The highest BCUT2D eigenvalue weighted by molar-refractivity contribution is 6.05. The quantitative estimate of drug-likeness (QED) is 0.620. The van der Waals surface area contributed by atoms with Crippen LogP contribution >= 0.6 is 0 Å². The highest BCUT2D eigenvalue weighted by Gasteiger charge is 2.37. The fourth-order valence-corrected chi connectivity index (χ4v) is 1.57. The summed E-state index contributed by atoms with van der Waals surface area (Å²) < 4.78 is 5.12. The SMILES string of the molecule is CCC1=C(OC)C(CC)C1=O. The van der Waals surface area contributed by atoms with E-state index in [9.17, 15) is 4.79 Å². The van der Waals surface area contributed by atoms with Crippen LogP contribution in [0, 0.1) is 5.92 Å². The molecule has 0 spiro atoms. The van der Waals surface area contributed by atoms with Crippen LogP contribution in [0.4, 0.5) is 0 Å². The second kappa shape index (κ2) is 3.07. The third-order valence-corrected chi connectivity index (χ3v) is 2.21. The molecule has 0 radical (unpaired) electrons. The van der Waals surface area contributed by atoms with Crippen molar-refractivity contribution in [3.8, 4) is 0 Å². The number of rotatable bonds is 3. The molecule has 0 aromatic rings. The molecule has 1 rings (SSSR count). The van der Waals surface area contributed by atoms with E-state index in [-0.39, 0.29) is 11.7 Å². The molecule has 0 saturated carbocycles. The zero-order valence-electron chi connectivity index (χ0n) is 7.31. The van der Waals surface area contributed by atoms with Gasteiger partial charge in [0.2, 0.25) is 0 Å². The summed E-state index contributed by atoms with van der Waals surface area (Å²) in [6.45, 7) is 3.99. The van der Waals surface area contributed by atoms with E-state index in [1.807, 2.05) is 13.8 Å². The molecule has 1 aliphatic rings. The predicted octanol–water partition coefficient (Wildman–Crippen LogP) is 1.91. The Bertz CT molecular complexity index is 204. The van der Waals surface area contributed by atoms with Crippen molar-refractivity contribution in [1.82, 2.24) is 0 Å². The molecule has 62 valence electrons. The molecule has 1 atom stereocenters. The van der Waals surface area contributed by atoms with Gasteiger partial charge in [-0.05, 0) is 12.8 Å². The van der Waals surface area contributed by atoms with Crippen molar-refractivity contribution >= 4 is 5.78 Å². The standard InChI is InChI=1S/C9H14O2/c1-4-6-8(10)7(5-2)9(6)11-3/h6H,4-5H2,1-3H3. The fourth-order valence-electron chi connectivity index (χ4n) is 1.57. The van der Waals surface area contributed by atoms with Gasteiger partial charge in [-0.1, -0.05) is 13.8 Å². The highest BCUT2D eigenvalue weighted by atomic mass is 16.5. The lowest BCUT2D eigenvalue weighted by molar-refractivity contribution is -0.122. The summed E-state index contributed by atoms with van der Waals surface area (Å²) in [5, 5.41) is 0. The summed E-state index contributed by atoms with van der Waals surface area (Å²) in [6, 6.07) is 0. The summed E-state index contributed by atoms with van der Waals surface area (Å²) in [7, 11) is 1.64. The summed E-state index contributed by atoms with van der Waals surface area (Å²) in [4.78, 5) is 11.3. The van der Waals surface area contributed by atoms with Gasteiger partial charge in [0.25, 0.3) is 0 Å². The molecule has 0 heterocycles. The number of ether oxygens (including phenoxy) is 1. The van der Waals surface area contributed by atoms with Gasteiger partial charge in [-0.15, -0.1) is 0 Å². The lowest BCUT2D eigenvalue weighted by Gasteiger charge is -2.29. The molecule has 11 heavy (non-hydrogen) atoms. The number of Topliss-reactive ketones (excluding diaryl/α,β-unsaturated/α-hetero) is 1. The van der Waals surface area contributed by atoms with E-state index in [0.717, 1.165) is 24.2 Å². The number of hydrogen-bond acceptors (Lipinski definition) is 2. The third-order valence-electron chi connectivity index (χ3n) is 2.21. The van der Waals surface area contributed by atoms with Crippen LogP contribution < -0.4 is 0 Å². The Kier molecular flexibility index (Phi) is 2.32. The molecular formula is C9H14O2. The Morgan fingerprint density at radius 1 is 1.45 bits per heavy atom. The maximum absolute atomic E-state index is 11.3. The van der Waals surface area contributed by atoms with Crippen LogP contribution in [-0.2, 0) is 9.53 Å². The Balaban J connectivity index is 2.80. The van der Waals surface area contributed by atoms with Crippen molar-refractivity contribution < 1.29 is 9.53 Å². The van der Waals surface area contributed by atoms with Crippen LogP contribution in [0.2, 0.25) is 0 Å². The van der Waals surface area contributed by atoms with Crippen LogP contribution in [0.25, 0.3) is 0 Å². The second-order valence-electron chi connectivity index (χ2n) is 2.73. The van der Waals surface area contributed by atoms with Crippen LogP contribution in [0.3, 0.4) is 0 Å². The number of methoxy groups -OCH3 is 1. The fraction of sp³-hybridized carbons (Fsp3) is 0.667. The van der Waals surface area contributed by atoms with Crippen LogP contribution in [0.5, 0.6) is 0 Å².